The normalized spacial score (nSPS) is 10.7. The topological polar surface area (TPSA) is 76.0 Å². The van der Waals surface area contributed by atoms with Crippen LogP contribution < -0.4 is 10.6 Å². The van der Waals surface area contributed by atoms with Gasteiger partial charge in [-0.05, 0) is 61.2 Å². The Balaban J connectivity index is 1.35. The van der Waals surface area contributed by atoms with E-state index >= 15 is 0 Å². The average Bonchev–Trinajstić information content (AvgIpc) is 3.50. The Hall–Kier alpha value is -3.36. The molecule has 0 radical (unpaired) electrons. The number of hydrogen-bond acceptors (Lipinski definition) is 5. The van der Waals surface area contributed by atoms with Gasteiger partial charge in [0.2, 0.25) is 5.91 Å². The van der Waals surface area contributed by atoms with E-state index < -0.39 is 0 Å². The molecule has 2 heterocycles. The van der Waals surface area contributed by atoms with Crippen LogP contribution in [0, 0.1) is 13.8 Å². The first kappa shape index (κ1) is 22.8. The highest BCUT2D eigenvalue weighted by molar-refractivity contribution is 7.99. The van der Waals surface area contributed by atoms with Crippen LogP contribution in [-0.2, 0) is 11.3 Å². The fraction of sp³-hybridized carbons (Fsp3) is 0.160. The summed E-state index contributed by atoms with van der Waals surface area (Å²) in [7, 11) is 0. The Morgan fingerprint density at radius 2 is 1.91 bits per heavy atom. The van der Waals surface area contributed by atoms with Crippen LogP contribution in [0.2, 0.25) is 0 Å². The Labute approximate surface area is 201 Å². The predicted octanol–water partition coefficient (Wildman–Crippen LogP) is 5.21. The first-order chi connectivity index (χ1) is 16.0. The van der Waals surface area contributed by atoms with Gasteiger partial charge in [0.25, 0.3) is 5.91 Å². The minimum atomic E-state index is -0.113. The lowest BCUT2D eigenvalue weighted by Crippen LogP contribution is -2.22. The number of nitrogens with zero attached hydrogens (tertiary/aromatic N) is 2. The van der Waals surface area contributed by atoms with E-state index in [1.165, 1.54) is 11.8 Å². The highest BCUT2D eigenvalue weighted by Gasteiger charge is 2.12. The standard InChI is InChI=1S/C25H24N4O2S2/c1-17-5-10-22(18(2)14-17)28-23(30)16-33-25-26-11-12-29(25)20-8-6-19(7-9-20)24(31)27-15-21-4-3-13-32-21/h3-14H,15-16H2,1-2H3,(H,27,31)(H,28,30). The van der Waals surface area contributed by atoms with Gasteiger partial charge in [0.05, 0.1) is 12.3 Å². The number of aromatic nitrogens is 2. The fourth-order valence-corrected chi connectivity index (χ4v) is 4.74. The smallest absolute Gasteiger partial charge is 0.251 e. The molecule has 6 nitrogen and oxygen atoms in total. The third-order valence-corrected chi connectivity index (χ3v) is 6.85. The molecule has 33 heavy (non-hydrogen) atoms. The number of aryl methyl sites for hydroxylation is 2. The summed E-state index contributed by atoms with van der Waals surface area (Å²) in [5.74, 6) is 0.0468. The van der Waals surface area contributed by atoms with Crippen LogP contribution in [0.25, 0.3) is 5.69 Å². The predicted molar refractivity (Wildman–Crippen MR) is 134 cm³/mol. The van der Waals surface area contributed by atoms with Crippen molar-refractivity contribution in [1.82, 2.24) is 14.9 Å². The molecule has 4 rings (SSSR count). The molecule has 2 aromatic carbocycles. The van der Waals surface area contributed by atoms with E-state index in [1.807, 2.05) is 72.5 Å². The number of thioether (sulfide) groups is 1. The van der Waals surface area contributed by atoms with Crippen LogP contribution in [0.15, 0.2) is 77.5 Å². The molecule has 0 spiro atoms. The van der Waals surface area contributed by atoms with Crippen LogP contribution in [0.4, 0.5) is 5.69 Å². The molecule has 0 aliphatic heterocycles. The van der Waals surface area contributed by atoms with E-state index in [1.54, 1.807) is 29.7 Å². The van der Waals surface area contributed by atoms with Crippen LogP contribution in [-0.4, -0.2) is 27.1 Å². The van der Waals surface area contributed by atoms with E-state index in [0.717, 1.165) is 27.4 Å². The van der Waals surface area contributed by atoms with Crippen molar-refractivity contribution in [2.75, 3.05) is 11.1 Å². The van der Waals surface area contributed by atoms with Crippen LogP contribution in [0.3, 0.4) is 0 Å². The highest BCUT2D eigenvalue weighted by atomic mass is 32.2. The lowest BCUT2D eigenvalue weighted by molar-refractivity contribution is -0.113. The zero-order chi connectivity index (χ0) is 23.2. The number of thiophene rings is 1. The van der Waals surface area contributed by atoms with Crippen molar-refractivity contribution in [3.05, 3.63) is 93.9 Å². The maximum atomic E-state index is 12.4. The minimum absolute atomic E-state index is 0.0840. The van der Waals surface area contributed by atoms with Gasteiger partial charge in [-0.25, -0.2) is 4.98 Å². The zero-order valence-corrected chi connectivity index (χ0v) is 20.0. The molecule has 8 heteroatoms. The van der Waals surface area contributed by atoms with Gasteiger partial charge in [-0.3, -0.25) is 14.2 Å². The molecule has 0 saturated heterocycles. The second kappa shape index (κ2) is 10.5. The molecule has 0 bridgehead atoms. The Morgan fingerprint density at radius 3 is 2.64 bits per heavy atom. The second-order valence-electron chi connectivity index (χ2n) is 7.54. The van der Waals surface area contributed by atoms with Crippen molar-refractivity contribution in [2.45, 2.75) is 25.5 Å². The third kappa shape index (κ3) is 5.91. The van der Waals surface area contributed by atoms with Crippen molar-refractivity contribution < 1.29 is 9.59 Å². The SMILES string of the molecule is Cc1ccc(NC(=O)CSc2nccn2-c2ccc(C(=O)NCc3cccs3)cc2)c(C)c1. The van der Waals surface area contributed by atoms with Gasteiger partial charge in [0, 0.05) is 34.2 Å². The number of benzene rings is 2. The Bertz CT molecular complexity index is 1250. The van der Waals surface area contributed by atoms with Gasteiger partial charge in [-0.15, -0.1) is 11.3 Å². The quantitative estimate of drug-likeness (QED) is 0.342. The molecule has 2 N–H and O–H groups in total. The lowest BCUT2D eigenvalue weighted by atomic mass is 10.1. The minimum Gasteiger partial charge on any atom is -0.347 e. The molecule has 4 aromatic rings. The third-order valence-electron chi connectivity index (χ3n) is 5.01. The van der Waals surface area contributed by atoms with Crippen molar-refractivity contribution in [3.8, 4) is 5.69 Å². The summed E-state index contributed by atoms with van der Waals surface area (Å²) in [4.78, 5) is 30.3. The van der Waals surface area contributed by atoms with Gasteiger partial charge in [0.15, 0.2) is 5.16 Å². The average molecular weight is 477 g/mol. The highest BCUT2D eigenvalue weighted by Crippen LogP contribution is 2.22. The van der Waals surface area contributed by atoms with Gasteiger partial charge >= 0.3 is 0 Å². The number of nitrogens with one attached hydrogen (secondary N) is 2. The van der Waals surface area contributed by atoms with Crippen LogP contribution in [0.1, 0.15) is 26.4 Å². The zero-order valence-electron chi connectivity index (χ0n) is 18.4. The monoisotopic (exact) mass is 476 g/mol. The molecule has 0 saturated carbocycles. The summed E-state index contributed by atoms with van der Waals surface area (Å²) < 4.78 is 1.91. The van der Waals surface area contributed by atoms with E-state index in [2.05, 4.69) is 15.6 Å². The molecule has 0 aliphatic rings. The molecule has 0 aliphatic carbocycles. The van der Waals surface area contributed by atoms with Crippen molar-refractivity contribution in [3.63, 3.8) is 0 Å². The fourth-order valence-electron chi connectivity index (χ4n) is 3.32. The first-order valence-corrected chi connectivity index (χ1v) is 12.3. The molecule has 2 amide bonds. The van der Waals surface area contributed by atoms with E-state index in [0.29, 0.717) is 17.3 Å². The summed E-state index contributed by atoms with van der Waals surface area (Å²) in [6, 6.07) is 17.2. The number of anilines is 1. The maximum absolute atomic E-state index is 12.4. The number of carbonyl (C=O) groups is 2. The molecule has 168 valence electrons. The first-order valence-electron chi connectivity index (χ1n) is 10.4. The number of rotatable bonds is 8. The summed E-state index contributed by atoms with van der Waals surface area (Å²) in [6.45, 7) is 4.53. The van der Waals surface area contributed by atoms with Gasteiger partial charge in [-0.1, -0.05) is 35.5 Å². The molecule has 0 fully saturated rings. The summed E-state index contributed by atoms with van der Waals surface area (Å²) in [6.07, 6.45) is 3.54. The number of carbonyl (C=O) groups excluding carboxylic acids is 2. The molecule has 2 aromatic heterocycles. The number of amides is 2. The van der Waals surface area contributed by atoms with Crippen LogP contribution >= 0.6 is 23.1 Å². The van der Waals surface area contributed by atoms with Crippen molar-refractivity contribution in [1.29, 1.82) is 0 Å². The summed E-state index contributed by atoms with van der Waals surface area (Å²) in [5.41, 5.74) is 4.49. The second-order valence-corrected chi connectivity index (χ2v) is 9.52. The summed E-state index contributed by atoms with van der Waals surface area (Å²) >= 11 is 2.98. The maximum Gasteiger partial charge on any atom is 0.251 e. The van der Waals surface area contributed by atoms with E-state index in [-0.39, 0.29) is 17.6 Å². The van der Waals surface area contributed by atoms with Gasteiger partial charge < -0.3 is 10.6 Å². The Kier molecular flexibility index (Phi) is 7.26. The van der Waals surface area contributed by atoms with Gasteiger partial charge in [-0.2, -0.15) is 0 Å². The van der Waals surface area contributed by atoms with E-state index in [4.69, 9.17) is 0 Å². The number of hydrogen-bond donors (Lipinski definition) is 2. The molecule has 0 unspecified atom stereocenters. The molecule has 0 atom stereocenters. The van der Waals surface area contributed by atoms with Crippen LogP contribution in [0.5, 0.6) is 0 Å². The van der Waals surface area contributed by atoms with Crippen molar-refractivity contribution in [2.24, 2.45) is 0 Å². The Morgan fingerprint density at radius 1 is 1.09 bits per heavy atom. The lowest BCUT2D eigenvalue weighted by Gasteiger charge is -2.10. The van der Waals surface area contributed by atoms with Gasteiger partial charge in [0.1, 0.15) is 0 Å². The summed E-state index contributed by atoms with van der Waals surface area (Å²) in [5, 5.41) is 8.59. The van der Waals surface area contributed by atoms with E-state index in [9.17, 15) is 9.59 Å². The molecular weight excluding hydrogens is 452 g/mol. The van der Waals surface area contributed by atoms with Crippen molar-refractivity contribution >= 4 is 40.6 Å². The molecular formula is C25H24N4O2S2. The largest absolute Gasteiger partial charge is 0.347 e. The number of imidazole rings is 1.